The van der Waals surface area contributed by atoms with E-state index in [1.807, 2.05) is 66.7 Å². The third-order valence-electron chi connectivity index (χ3n) is 5.40. The fourth-order valence-electron chi connectivity index (χ4n) is 4.28. The minimum atomic E-state index is -1.04. The molecular formula is C23H14N2O3. The number of rotatable bonds is 1. The number of nitrogens with one attached hydrogen (secondary N) is 1. The second-order valence-electron chi connectivity index (χ2n) is 6.83. The van der Waals surface area contributed by atoms with Gasteiger partial charge in [0.15, 0.2) is 5.60 Å². The first kappa shape index (κ1) is 15.2. The predicted molar refractivity (Wildman–Crippen MR) is 102 cm³/mol. The van der Waals surface area contributed by atoms with Crippen molar-refractivity contribution in [2.45, 2.75) is 5.60 Å². The van der Waals surface area contributed by atoms with Crippen molar-refractivity contribution in [2.75, 3.05) is 0 Å². The van der Waals surface area contributed by atoms with Crippen molar-refractivity contribution >= 4 is 5.97 Å². The minimum absolute atomic E-state index is 0.367. The number of aromatic amines is 1. The lowest BCUT2D eigenvalue weighted by molar-refractivity contribution is 0.0224. The first-order chi connectivity index (χ1) is 13.8. The summed E-state index contributed by atoms with van der Waals surface area (Å²) >= 11 is 0. The Kier molecular flexibility index (Phi) is 2.90. The Hall–Kier alpha value is -3.86. The van der Waals surface area contributed by atoms with Crippen LogP contribution < -0.4 is 4.74 Å². The molecule has 3 aromatic carbocycles. The highest BCUT2D eigenvalue weighted by atomic mass is 16.6. The van der Waals surface area contributed by atoms with Gasteiger partial charge in [0.05, 0.1) is 5.56 Å². The number of aromatic nitrogens is 2. The van der Waals surface area contributed by atoms with Gasteiger partial charge in [-0.3, -0.25) is 0 Å². The van der Waals surface area contributed by atoms with Gasteiger partial charge in [-0.05, 0) is 12.1 Å². The average molecular weight is 366 g/mol. The van der Waals surface area contributed by atoms with Crippen molar-refractivity contribution < 1.29 is 14.3 Å². The highest BCUT2D eigenvalue weighted by molar-refractivity contribution is 6.02. The molecule has 134 valence electrons. The molecule has 1 spiro atoms. The average Bonchev–Trinajstić information content (AvgIpc) is 3.36. The summed E-state index contributed by atoms with van der Waals surface area (Å²) in [6.07, 6.45) is 3.41. The van der Waals surface area contributed by atoms with E-state index in [4.69, 9.17) is 9.47 Å². The zero-order chi connectivity index (χ0) is 18.7. The van der Waals surface area contributed by atoms with Crippen LogP contribution in [0.5, 0.6) is 11.5 Å². The Morgan fingerprint density at radius 3 is 2.18 bits per heavy atom. The Bertz CT molecular complexity index is 1200. The highest BCUT2D eigenvalue weighted by Gasteiger charge is 2.54. The monoisotopic (exact) mass is 366 g/mol. The van der Waals surface area contributed by atoms with E-state index < -0.39 is 5.60 Å². The van der Waals surface area contributed by atoms with Crippen LogP contribution in [-0.2, 0) is 10.3 Å². The summed E-state index contributed by atoms with van der Waals surface area (Å²) < 4.78 is 12.3. The lowest BCUT2D eigenvalue weighted by atomic mass is 9.77. The number of para-hydroxylation sites is 2. The van der Waals surface area contributed by atoms with E-state index in [0.717, 1.165) is 22.3 Å². The Morgan fingerprint density at radius 2 is 1.50 bits per heavy atom. The summed E-state index contributed by atoms with van der Waals surface area (Å²) in [6, 6.07) is 21.2. The Balaban J connectivity index is 1.72. The maximum absolute atomic E-state index is 13.2. The summed E-state index contributed by atoms with van der Waals surface area (Å²) in [5, 5.41) is 0. The van der Waals surface area contributed by atoms with E-state index in [-0.39, 0.29) is 5.97 Å². The van der Waals surface area contributed by atoms with Crippen LogP contribution in [0.2, 0.25) is 0 Å². The topological polar surface area (TPSA) is 64.2 Å². The molecule has 6 rings (SSSR count). The van der Waals surface area contributed by atoms with E-state index in [9.17, 15) is 4.79 Å². The van der Waals surface area contributed by atoms with E-state index in [1.165, 1.54) is 0 Å². The number of fused-ring (bicyclic) bond motifs is 6. The van der Waals surface area contributed by atoms with E-state index in [0.29, 0.717) is 22.9 Å². The van der Waals surface area contributed by atoms with Crippen LogP contribution in [0.3, 0.4) is 0 Å². The molecule has 0 amide bonds. The summed E-state index contributed by atoms with van der Waals surface area (Å²) in [4.78, 5) is 20.6. The fraction of sp³-hybridized carbons (Fsp3) is 0.0435. The minimum Gasteiger partial charge on any atom is -0.456 e. The van der Waals surface area contributed by atoms with Gasteiger partial charge in [-0.2, -0.15) is 0 Å². The van der Waals surface area contributed by atoms with Crippen LogP contribution in [0.1, 0.15) is 27.0 Å². The molecule has 3 heterocycles. The number of carbonyl (C=O) groups is 1. The second kappa shape index (κ2) is 5.33. The number of hydrogen-bond acceptors (Lipinski definition) is 4. The predicted octanol–water partition coefficient (Wildman–Crippen LogP) is 4.64. The van der Waals surface area contributed by atoms with Crippen molar-refractivity contribution in [3.05, 3.63) is 101 Å². The highest BCUT2D eigenvalue weighted by Crippen LogP contribution is 2.56. The number of hydrogen-bond donors (Lipinski definition) is 1. The lowest BCUT2D eigenvalue weighted by Crippen LogP contribution is -2.32. The third-order valence-corrected chi connectivity index (χ3v) is 5.40. The number of esters is 1. The molecule has 0 fully saturated rings. The normalized spacial score (nSPS) is 15.4. The molecule has 1 aromatic heterocycles. The van der Waals surface area contributed by atoms with Gasteiger partial charge in [0.25, 0.3) is 0 Å². The van der Waals surface area contributed by atoms with Crippen LogP contribution in [0.25, 0.3) is 11.4 Å². The van der Waals surface area contributed by atoms with E-state index in [2.05, 4.69) is 9.97 Å². The van der Waals surface area contributed by atoms with Crippen molar-refractivity contribution in [1.29, 1.82) is 0 Å². The van der Waals surface area contributed by atoms with Gasteiger partial charge >= 0.3 is 5.97 Å². The fourth-order valence-corrected chi connectivity index (χ4v) is 4.28. The van der Waals surface area contributed by atoms with E-state index >= 15 is 0 Å². The van der Waals surface area contributed by atoms with Crippen LogP contribution in [0.4, 0.5) is 0 Å². The first-order valence-electron chi connectivity index (χ1n) is 9.02. The summed E-state index contributed by atoms with van der Waals surface area (Å²) in [7, 11) is 0. The van der Waals surface area contributed by atoms with Crippen LogP contribution in [0.15, 0.2) is 79.1 Å². The maximum Gasteiger partial charge on any atom is 0.340 e. The molecule has 2 aliphatic rings. The van der Waals surface area contributed by atoms with Crippen LogP contribution >= 0.6 is 0 Å². The Labute approximate surface area is 160 Å². The molecule has 0 atom stereocenters. The molecule has 5 heteroatoms. The van der Waals surface area contributed by atoms with Crippen molar-refractivity contribution in [1.82, 2.24) is 9.97 Å². The SMILES string of the molecule is O=C1OC2(c3ccccc3Oc3ccccc32)c2cccc(-c3ncc[nH]3)c21. The maximum atomic E-state index is 13.2. The number of imidazole rings is 1. The molecule has 28 heavy (non-hydrogen) atoms. The molecule has 2 aliphatic heterocycles. The van der Waals surface area contributed by atoms with Crippen molar-refractivity contribution in [2.24, 2.45) is 0 Å². The number of H-pyrrole nitrogens is 1. The van der Waals surface area contributed by atoms with Gasteiger partial charge in [0.1, 0.15) is 17.3 Å². The molecule has 0 radical (unpaired) electrons. The van der Waals surface area contributed by atoms with Gasteiger partial charge < -0.3 is 14.5 Å². The Morgan fingerprint density at radius 1 is 0.821 bits per heavy atom. The molecule has 0 saturated heterocycles. The molecule has 1 N–H and O–H groups in total. The van der Waals surface area contributed by atoms with Crippen molar-refractivity contribution in [3.8, 4) is 22.9 Å². The first-order valence-corrected chi connectivity index (χ1v) is 9.02. The summed E-state index contributed by atoms with van der Waals surface area (Å²) in [5.41, 5.74) is 2.65. The van der Waals surface area contributed by atoms with Crippen LogP contribution in [-0.4, -0.2) is 15.9 Å². The lowest BCUT2D eigenvalue weighted by Gasteiger charge is -2.36. The third kappa shape index (κ3) is 1.80. The van der Waals surface area contributed by atoms with Gasteiger partial charge in [-0.15, -0.1) is 0 Å². The molecule has 4 aromatic rings. The van der Waals surface area contributed by atoms with E-state index in [1.54, 1.807) is 12.4 Å². The van der Waals surface area contributed by atoms with Gasteiger partial charge in [0, 0.05) is 34.6 Å². The zero-order valence-electron chi connectivity index (χ0n) is 14.7. The number of nitrogens with zero attached hydrogens (tertiary/aromatic N) is 1. The summed E-state index contributed by atoms with van der Waals surface area (Å²) in [5.74, 6) is 1.64. The smallest absolute Gasteiger partial charge is 0.340 e. The molecule has 0 unspecified atom stereocenters. The largest absolute Gasteiger partial charge is 0.456 e. The van der Waals surface area contributed by atoms with Crippen molar-refractivity contribution in [3.63, 3.8) is 0 Å². The quantitative estimate of drug-likeness (QED) is 0.498. The van der Waals surface area contributed by atoms with Gasteiger partial charge in [-0.25, -0.2) is 9.78 Å². The van der Waals surface area contributed by atoms with Gasteiger partial charge in [-0.1, -0.05) is 54.6 Å². The van der Waals surface area contributed by atoms with Crippen LogP contribution in [0, 0.1) is 0 Å². The number of ether oxygens (including phenoxy) is 2. The molecule has 0 bridgehead atoms. The molecule has 5 nitrogen and oxygen atoms in total. The standard InChI is InChI=1S/C23H14N2O3/c26-22-20-14(21-24-12-13-25-21)6-5-9-17(20)23(28-22)15-7-1-3-10-18(15)27-19-11-4-2-8-16(19)23/h1-13H,(H,24,25). The summed E-state index contributed by atoms with van der Waals surface area (Å²) in [6.45, 7) is 0. The molecule has 0 aliphatic carbocycles. The number of carbonyl (C=O) groups excluding carboxylic acids is 1. The number of benzene rings is 3. The molecular weight excluding hydrogens is 352 g/mol. The van der Waals surface area contributed by atoms with Gasteiger partial charge in [0.2, 0.25) is 0 Å². The second-order valence-corrected chi connectivity index (χ2v) is 6.83. The molecule has 0 saturated carbocycles. The zero-order valence-corrected chi connectivity index (χ0v) is 14.7.